The van der Waals surface area contributed by atoms with E-state index in [4.69, 9.17) is 0 Å². The van der Waals surface area contributed by atoms with Crippen LogP contribution in [0.1, 0.15) is 41.9 Å². The molecule has 0 spiro atoms. The standard InChI is InChI=1S/C17H23BrN2O/c1-6-20-15(16(18)13(4)19-20)10-17(5,21)14-8-11(2)7-12(3)9-14/h7-9,21H,6,10H2,1-5H3. The van der Waals surface area contributed by atoms with Crippen molar-refractivity contribution in [3.05, 3.63) is 50.8 Å². The Morgan fingerprint density at radius 1 is 1.19 bits per heavy atom. The van der Waals surface area contributed by atoms with Crippen LogP contribution in [0.25, 0.3) is 0 Å². The number of aliphatic hydroxyl groups is 1. The first kappa shape index (κ1) is 16.2. The fraction of sp³-hybridized carbons (Fsp3) is 0.471. The van der Waals surface area contributed by atoms with Gasteiger partial charge in [0.25, 0.3) is 0 Å². The van der Waals surface area contributed by atoms with E-state index >= 15 is 0 Å². The van der Waals surface area contributed by atoms with Gasteiger partial charge in [-0.1, -0.05) is 29.3 Å². The van der Waals surface area contributed by atoms with Gasteiger partial charge >= 0.3 is 0 Å². The maximum Gasteiger partial charge on any atom is 0.0924 e. The lowest BCUT2D eigenvalue weighted by Crippen LogP contribution is -2.26. The van der Waals surface area contributed by atoms with Crippen LogP contribution in [0, 0.1) is 20.8 Å². The van der Waals surface area contributed by atoms with Crippen molar-refractivity contribution in [1.29, 1.82) is 0 Å². The molecule has 0 fully saturated rings. The van der Waals surface area contributed by atoms with E-state index in [1.165, 1.54) is 11.1 Å². The van der Waals surface area contributed by atoms with Gasteiger partial charge in [0.1, 0.15) is 0 Å². The lowest BCUT2D eigenvalue weighted by atomic mass is 9.89. The van der Waals surface area contributed by atoms with Gasteiger partial charge in [0, 0.05) is 13.0 Å². The van der Waals surface area contributed by atoms with Crippen molar-refractivity contribution in [3.8, 4) is 0 Å². The van der Waals surface area contributed by atoms with Crippen LogP contribution in [-0.4, -0.2) is 14.9 Å². The van der Waals surface area contributed by atoms with Crippen LogP contribution in [0.2, 0.25) is 0 Å². The molecule has 21 heavy (non-hydrogen) atoms. The summed E-state index contributed by atoms with van der Waals surface area (Å²) in [4.78, 5) is 0. The fourth-order valence-corrected chi connectivity index (χ4v) is 3.18. The lowest BCUT2D eigenvalue weighted by molar-refractivity contribution is 0.0551. The second-order valence-corrected chi connectivity index (χ2v) is 6.78. The monoisotopic (exact) mass is 350 g/mol. The van der Waals surface area contributed by atoms with E-state index in [9.17, 15) is 5.11 Å². The van der Waals surface area contributed by atoms with Crippen molar-refractivity contribution < 1.29 is 5.11 Å². The van der Waals surface area contributed by atoms with Gasteiger partial charge < -0.3 is 5.11 Å². The molecule has 2 aromatic rings. The van der Waals surface area contributed by atoms with Crippen LogP contribution in [0.15, 0.2) is 22.7 Å². The Labute approximate surface area is 135 Å². The number of rotatable bonds is 4. The average molecular weight is 351 g/mol. The Kier molecular flexibility index (Phi) is 4.59. The smallest absolute Gasteiger partial charge is 0.0924 e. The maximum atomic E-state index is 11.0. The number of aryl methyl sites for hydroxylation is 4. The molecule has 4 heteroatoms. The largest absolute Gasteiger partial charge is 0.385 e. The van der Waals surface area contributed by atoms with Crippen LogP contribution in [0.5, 0.6) is 0 Å². The first-order chi connectivity index (χ1) is 9.74. The molecule has 1 heterocycles. The zero-order chi connectivity index (χ0) is 15.8. The molecule has 0 aliphatic heterocycles. The predicted octanol–water partition coefficient (Wildman–Crippen LogP) is 4.04. The van der Waals surface area contributed by atoms with Gasteiger partial charge in [0.05, 0.1) is 21.5 Å². The zero-order valence-corrected chi connectivity index (χ0v) is 15.0. The third kappa shape index (κ3) is 3.38. The summed E-state index contributed by atoms with van der Waals surface area (Å²) in [5, 5.41) is 15.5. The Morgan fingerprint density at radius 3 is 2.29 bits per heavy atom. The Morgan fingerprint density at radius 2 is 1.76 bits per heavy atom. The van der Waals surface area contributed by atoms with E-state index < -0.39 is 5.60 Å². The number of hydrogen-bond acceptors (Lipinski definition) is 2. The number of aromatic nitrogens is 2. The molecule has 0 saturated heterocycles. The molecule has 0 aliphatic rings. The molecule has 0 amide bonds. The highest BCUT2D eigenvalue weighted by molar-refractivity contribution is 9.10. The second-order valence-electron chi connectivity index (χ2n) is 5.99. The molecule has 114 valence electrons. The van der Waals surface area contributed by atoms with Crippen molar-refractivity contribution in [2.75, 3.05) is 0 Å². The summed E-state index contributed by atoms with van der Waals surface area (Å²) in [6, 6.07) is 6.23. The van der Waals surface area contributed by atoms with E-state index in [0.29, 0.717) is 6.42 Å². The summed E-state index contributed by atoms with van der Waals surface area (Å²) in [6.07, 6.45) is 0.533. The van der Waals surface area contributed by atoms with Crippen molar-refractivity contribution in [2.45, 2.75) is 53.2 Å². The first-order valence-corrected chi connectivity index (χ1v) is 8.07. The molecule has 1 N–H and O–H groups in total. The minimum atomic E-state index is -0.918. The quantitative estimate of drug-likeness (QED) is 0.903. The molecule has 3 nitrogen and oxygen atoms in total. The van der Waals surface area contributed by atoms with Crippen LogP contribution in [0.4, 0.5) is 0 Å². The highest BCUT2D eigenvalue weighted by atomic mass is 79.9. The minimum absolute atomic E-state index is 0.533. The van der Waals surface area contributed by atoms with Crippen molar-refractivity contribution in [3.63, 3.8) is 0 Å². The molecule has 1 aromatic heterocycles. The highest BCUT2D eigenvalue weighted by Gasteiger charge is 2.28. The van der Waals surface area contributed by atoms with Crippen LogP contribution < -0.4 is 0 Å². The number of nitrogens with zero attached hydrogens (tertiary/aromatic N) is 2. The summed E-state index contributed by atoms with van der Waals surface area (Å²) in [6.45, 7) is 10.8. The van der Waals surface area contributed by atoms with Crippen molar-refractivity contribution >= 4 is 15.9 Å². The van der Waals surface area contributed by atoms with Crippen LogP contribution in [0.3, 0.4) is 0 Å². The predicted molar refractivity (Wildman–Crippen MR) is 89.5 cm³/mol. The Hall–Kier alpha value is -1.13. The van der Waals surface area contributed by atoms with Crippen molar-refractivity contribution in [1.82, 2.24) is 9.78 Å². The molecule has 0 radical (unpaired) electrons. The third-order valence-electron chi connectivity index (χ3n) is 3.81. The maximum absolute atomic E-state index is 11.0. The van der Waals surface area contributed by atoms with Gasteiger partial charge in [-0.05, 0) is 56.1 Å². The molecule has 2 rings (SSSR count). The van der Waals surface area contributed by atoms with Gasteiger partial charge in [-0.2, -0.15) is 5.10 Å². The Bertz CT molecular complexity index is 639. The number of halogens is 1. The van der Waals surface area contributed by atoms with Crippen molar-refractivity contribution in [2.24, 2.45) is 0 Å². The van der Waals surface area contributed by atoms with Gasteiger partial charge in [0.15, 0.2) is 0 Å². The van der Waals surface area contributed by atoms with Crippen LogP contribution >= 0.6 is 15.9 Å². The summed E-state index contributed by atoms with van der Waals surface area (Å²) in [7, 11) is 0. The average Bonchev–Trinajstić information content (AvgIpc) is 2.65. The molecule has 0 saturated carbocycles. The number of hydrogen-bond donors (Lipinski definition) is 1. The van der Waals surface area contributed by atoms with E-state index in [2.05, 4.69) is 60.0 Å². The SMILES string of the molecule is CCn1nc(C)c(Br)c1CC(C)(O)c1cc(C)cc(C)c1. The molecule has 0 bridgehead atoms. The highest BCUT2D eigenvalue weighted by Crippen LogP contribution is 2.31. The minimum Gasteiger partial charge on any atom is -0.385 e. The molecule has 0 aliphatic carbocycles. The molecular weight excluding hydrogens is 328 g/mol. The number of benzene rings is 1. The fourth-order valence-electron chi connectivity index (χ4n) is 2.75. The van der Waals surface area contributed by atoms with E-state index in [-0.39, 0.29) is 0 Å². The summed E-state index contributed by atoms with van der Waals surface area (Å²) >= 11 is 3.60. The van der Waals surface area contributed by atoms with E-state index in [1.807, 2.05) is 18.5 Å². The lowest BCUT2D eigenvalue weighted by Gasteiger charge is -2.25. The van der Waals surface area contributed by atoms with E-state index in [0.717, 1.165) is 28.0 Å². The van der Waals surface area contributed by atoms with E-state index in [1.54, 1.807) is 0 Å². The zero-order valence-electron chi connectivity index (χ0n) is 13.4. The summed E-state index contributed by atoms with van der Waals surface area (Å²) in [5.41, 5.74) is 4.38. The van der Waals surface area contributed by atoms with Gasteiger partial charge in [-0.25, -0.2) is 0 Å². The van der Waals surface area contributed by atoms with Crippen LogP contribution in [-0.2, 0) is 18.6 Å². The second kappa shape index (κ2) is 5.93. The molecule has 1 atom stereocenters. The Balaban J connectivity index is 2.41. The molecule has 1 unspecified atom stereocenters. The molecule has 1 aromatic carbocycles. The summed E-state index contributed by atoms with van der Waals surface area (Å²) in [5.74, 6) is 0. The normalized spacial score (nSPS) is 14.2. The first-order valence-electron chi connectivity index (χ1n) is 7.27. The topological polar surface area (TPSA) is 38.0 Å². The third-order valence-corrected chi connectivity index (χ3v) is 4.84. The van der Waals surface area contributed by atoms with Gasteiger partial charge in [-0.3, -0.25) is 4.68 Å². The van der Waals surface area contributed by atoms with Gasteiger partial charge in [0.2, 0.25) is 0 Å². The molecular formula is C17H23BrN2O. The van der Waals surface area contributed by atoms with Gasteiger partial charge in [-0.15, -0.1) is 0 Å². The summed E-state index contributed by atoms with van der Waals surface area (Å²) < 4.78 is 2.95.